The molecule has 0 aromatic carbocycles. The van der Waals surface area contributed by atoms with Crippen LogP contribution in [0, 0.1) is 0 Å². The van der Waals surface area contributed by atoms with Crippen LogP contribution in [0.25, 0.3) is 6.08 Å². The van der Waals surface area contributed by atoms with Crippen molar-refractivity contribution in [2.45, 2.75) is 52.6 Å². The quantitative estimate of drug-likeness (QED) is 0.706. The lowest BCUT2D eigenvalue weighted by atomic mass is 10.1. The molecule has 0 saturated carbocycles. The lowest BCUT2D eigenvalue weighted by molar-refractivity contribution is -0.130. The van der Waals surface area contributed by atoms with E-state index in [9.17, 15) is 4.79 Å². The van der Waals surface area contributed by atoms with Crippen molar-refractivity contribution in [1.29, 1.82) is 0 Å². The zero-order valence-corrected chi connectivity index (χ0v) is 12.5. The Kier molecular flexibility index (Phi) is 6.13. The Bertz CT molecular complexity index is 373. The van der Waals surface area contributed by atoms with Crippen LogP contribution in [0.4, 0.5) is 0 Å². The molecule has 0 aliphatic rings. The molecule has 1 aromatic heterocycles. The number of amides is 1. The highest BCUT2D eigenvalue weighted by Crippen LogP contribution is 2.15. The molecule has 0 bridgehead atoms. The van der Waals surface area contributed by atoms with Crippen LogP contribution in [0.1, 0.15) is 45.4 Å². The van der Waals surface area contributed by atoms with Gasteiger partial charge in [-0.05, 0) is 44.2 Å². The van der Waals surface area contributed by atoms with Crippen molar-refractivity contribution in [2.75, 3.05) is 0 Å². The topological polar surface area (TPSA) is 20.3 Å². The molecule has 1 aromatic rings. The molecule has 1 amide bonds. The van der Waals surface area contributed by atoms with Gasteiger partial charge in [0.15, 0.2) is 0 Å². The first-order valence-corrected chi connectivity index (χ1v) is 7.52. The minimum atomic E-state index is 0.118. The van der Waals surface area contributed by atoms with E-state index in [0.29, 0.717) is 12.1 Å². The Morgan fingerprint density at radius 2 is 1.94 bits per heavy atom. The maximum atomic E-state index is 12.3. The standard InChI is InChI=1S/C15H23NOS/c1-5-12(3)16(13(4)6-2)15(17)10-9-14-8-7-11-18-14/h7-13H,5-6H2,1-4H3. The number of thiophene rings is 1. The average Bonchev–Trinajstić information content (AvgIpc) is 2.89. The predicted octanol–water partition coefficient (Wildman–Crippen LogP) is 4.19. The zero-order chi connectivity index (χ0) is 13.5. The van der Waals surface area contributed by atoms with E-state index in [2.05, 4.69) is 27.7 Å². The van der Waals surface area contributed by atoms with Crippen LogP contribution >= 0.6 is 11.3 Å². The summed E-state index contributed by atoms with van der Waals surface area (Å²) in [6.07, 6.45) is 5.58. The summed E-state index contributed by atoms with van der Waals surface area (Å²) in [7, 11) is 0. The first-order valence-electron chi connectivity index (χ1n) is 6.64. The van der Waals surface area contributed by atoms with Gasteiger partial charge < -0.3 is 4.90 Å². The van der Waals surface area contributed by atoms with E-state index >= 15 is 0 Å². The van der Waals surface area contributed by atoms with Crippen LogP contribution in [-0.2, 0) is 4.79 Å². The van der Waals surface area contributed by atoms with Gasteiger partial charge in [-0.1, -0.05) is 19.9 Å². The molecule has 1 heterocycles. The van der Waals surface area contributed by atoms with E-state index in [-0.39, 0.29) is 5.91 Å². The zero-order valence-electron chi connectivity index (χ0n) is 11.7. The van der Waals surface area contributed by atoms with Gasteiger partial charge in [-0.15, -0.1) is 11.3 Å². The molecule has 2 nitrogen and oxygen atoms in total. The van der Waals surface area contributed by atoms with Crippen molar-refractivity contribution in [3.05, 3.63) is 28.5 Å². The Balaban J connectivity index is 2.76. The SMILES string of the molecule is CCC(C)N(C(=O)C=Cc1cccs1)C(C)CC. The lowest BCUT2D eigenvalue weighted by Gasteiger charge is -2.33. The molecule has 18 heavy (non-hydrogen) atoms. The monoisotopic (exact) mass is 265 g/mol. The molecule has 0 radical (unpaired) electrons. The Morgan fingerprint density at radius 1 is 1.33 bits per heavy atom. The second-order valence-corrected chi connectivity index (χ2v) is 5.59. The maximum Gasteiger partial charge on any atom is 0.247 e. The second-order valence-electron chi connectivity index (χ2n) is 4.61. The van der Waals surface area contributed by atoms with Crippen LogP contribution in [-0.4, -0.2) is 22.9 Å². The van der Waals surface area contributed by atoms with Gasteiger partial charge in [0, 0.05) is 23.0 Å². The van der Waals surface area contributed by atoms with Gasteiger partial charge in [0.25, 0.3) is 0 Å². The first-order chi connectivity index (χ1) is 8.60. The van der Waals surface area contributed by atoms with Crippen molar-refractivity contribution in [2.24, 2.45) is 0 Å². The van der Waals surface area contributed by atoms with Gasteiger partial charge in [-0.2, -0.15) is 0 Å². The van der Waals surface area contributed by atoms with Crippen LogP contribution in [0.3, 0.4) is 0 Å². The fourth-order valence-corrected chi connectivity index (χ4v) is 2.51. The molecule has 0 aliphatic carbocycles. The Morgan fingerprint density at radius 3 is 2.39 bits per heavy atom. The maximum absolute atomic E-state index is 12.3. The van der Waals surface area contributed by atoms with Crippen LogP contribution in [0.5, 0.6) is 0 Å². The third kappa shape index (κ3) is 3.98. The molecule has 100 valence electrons. The van der Waals surface area contributed by atoms with Crippen molar-refractivity contribution >= 4 is 23.3 Å². The number of carbonyl (C=O) groups excluding carboxylic acids is 1. The summed E-state index contributed by atoms with van der Waals surface area (Å²) in [5.41, 5.74) is 0. The highest BCUT2D eigenvalue weighted by atomic mass is 32.1. The number of hydrogen-bond acceptors (Lipinski definition) is 2. The van der Waals surface area contributed by atoms with Crippen LogP contribution in [0.2, 0.25) is 0 Å². The van der Waals surface area contributed by atoms with Crippen molar-refractivity contribution < 1.29 is 4.79 Å². The fraction of sp³-hybridized carbons (Fsp3) is 0.533. The highest BCUT2D eigenvalue weighted by Gasteiger charge is 2.21. The lowest BCUT2D eigenvalue weighted by Crippen LogP contribution is -2.43. The third-order valence-electron chi connectivity index (χ3n) is 3.32. The molecule has 3 heteroatoms. The van der Waals surface area contributed by atoms with Gasteiger partial charge in [0.2, 0.25) is 5.91 Å². The number of hydrogen-bond donors (Lipinski definition) is 0. The van der Waals surface area contributed by atoms with Gasteiger partial charge in [0.05, 0.1) is 0 Å². The van der Waals surface area contributed by atoms with E-state index in [4.69, 9.17) is 0 Å². The summed E-state index contributed by atoms with van der Waals surface area (Å²) in [6.45, 7) is 8.47. The summed E-state index contributed by atoms with van der Waals surface area (Å²) < 4.78 is 0. The molecule has 0 N–H and O–H groups in total. The number of carbonyl (C=O) groups is 1. The Labute approximate surface area is 114 Å². The van der Waals surface area contributed by atoms with E-state index in [0.717, 1.165) is 17.7 Å². The minimum Gasteiger partial charge on any atom is -0.334 e. The molecule has 2 atom stereocenters. The second kappa shape index (κ2) is 7.37. The van der Waals surface area contributed by atoms with E-state index in [1.165, 1.54) is 0 Å². The molecule has 0 aliphatic heterocycles. The van der Waals surface area contributed by atoms with Crippen LogP contribution < -0.4 is 0 Å². The summed E-state index contributed by atoms with van der Waals surface area (Å²) >= 11 is 1.65. The fourth-order valence-electron chi connectivity index (χ4n) is 1.89. The van der Waals surface area contributed by atoms with E-state index in [1.807, 2.05) is 28.5 Å². The van der Waals surface area contributed by atoms with E-state index in [1.54, 1.807) is 17.4 Å². The number of nitrogens with zero attached hydrogens (tertiary/aromatic N) is 1. The molecular weight excluding hydrogens is 242 g/mol. The van der Waals surface area contributed by atoms with Crippen molar-refractivity contribution in [3.63, 3.8) is 0 Å². The van der Waals surface area contributed by atoms with Gasteiger partial charge in [-0.25, -0.2) is 0 Å². The molecule has 0 saturated heterocycles. The van der Waals surface area contributed by atoms with E-state index < -0.39 is 0 Å². The Hall–Kier alpha value is -1.09. The van der Waals surface area contributed by atoms with Gasteiger partial charge in [-0.3, -0.25) is 4.79 Å². The molecule has 1 rings (SSSR count). The summed E-state index contributed by atoms with van der Waals surface area (Å²) in [5.74, 6) is 0.118. The largest absolute Gasteiger partial charge is 0.334 e. The van der Waals surface area contributed by atoms with Gasteiger partial charge in [0.1, 0.15) is 0 Å². The molecular formula is C15H23NOS. The average molecular weight is 265 g/mol. The van der Waals surface area contributed by atoms with Crippen LogP contribution in [0.15, 0.2) is 23.6 Å². The van der Waals surface area contributed by atoms with Crippen molar-refractivity contribution in [1.82, 2.24) is 4.90 Å². The van der Waals surface area contributed by atoms with Crippen molar-refractivity contribution in [3.8, 4) is 0 Å². The van der Waals surface area contributed by atoms with Gasteiger partial charge >= 0.3 is 0 Å². The third-order valence-corrected chi connectivity index (χ3v) is 4.16. The summed E-state index contributed by atoms with van der Waals surface area (Å²) in [6, 6.07) is 4.60. The predicted molar refractivity (Wildman–Crippen MR) is 79.7 cm³/mol. The molecule has 0 spiro atoms. The molecule has 2 unspecified atom stereocenters. The minimum absolute atomic E-state index is 0.118. The normalized spacial score (nSPS) is 14.7. The summed E-state index contributed by atoms with van der Waals surface area (Å²) in [4.78, 5) is 15.4. The first kappa shape index (κ1) is 15.0. The smallest absolute Gasteiger partial charge is 0.247 e. The highest BCUT2D eigenvalue weighted by molar-refractivity contribution is 7.10. The molecule has 0 fully saturated rings. The summed E-state index contributed by atoms with van der Waals surface area (Å²) in [5, 5.41) is 2.02. The number of rotatable bonds is 6.